The molecule has 0 aliphatic rings. The van der Waals surface area contributed by atoms with E-state index < -0.39 is 33.0 Å². The third kappa shape index (κ3) is 7.22. The molecular weight excluding hydrogens is 517 g/mol. The van der Waals surface area contributed by atoms with Crippen molar-refractivity contribution in [1.82, 2.24) is 9.88 Å². The Morgan fingerprint density at radius 3 is 2.34 bits per heavy atom. The van der Waals surface area contributed by atoms with Gasteiger partial charge in [-0.2, -0.15) is 13.2 Å². The Morgan fingerprint density at radius 2 is 1.71 bits per heavy atom. The zero-order valence-corrected chi connectivity index (χ0v) is 22.1. The highest BCUT2D eigenvalue weighted by molar-refractivity contribution is 7.91. The molecule has 1 heterocycles. The van der Waals surface area contributed by atoms with Gasteiger partial charge >= 0.3 is 6.18 Å². The first-order valence-corrected chi connectivity index (χ1v) is 13.6. The number of carbonyl (C=O) groups excluding carboxylic acids is 1. The van der Waals surface area contributed by atoms with E-state index in [0.29, 0.717) is 17.2 Å². The van der Waals surface area contributed by atoms with E-state index in [1.807, 2.05) is 19.9 Å². The SMILES string of the molecule is Cc1ccc(C(=O)NCc2ccc(S(=O)(=O)CC=CCC(C)C)cc2)c(=O)n1-c1cccc(C(F)(F)F)c1. The standard InChI is InChI=1S/C28H29F3N2O4S/c1-19(2)7-4-5-16-38(36,37)24-13-11-21(12-14-24)18-32-26(34)25-15-10-20(3)33(27(25)35)23-9-6-8-22(17-23)28(29,30)31/h4-6,8-15,17,19H,7,16,18H2,1-3H3,(H,32,34). The molecule has 6 nitrogen and oxygen atoms in total. The number of nitrogens with zero attached hydrogens (tertiary/aromatic N) is 1. The van der Waals surface area contributed by atoms with E-state index in [1.165, 1.54) is 36.4 Å². The molecule has 38 heavy (non-hydrogen) atoms. The van der Waals surface area contributed by atoms with E-state index in [1.54, 1.807) is 25.1 Å². The number of carbonyl (C=O) groups is 1. The summed E-state index contributed by atoms with van der Waals surface area (Å²) in [5.41, 5.74) is -0.935. The summed E-state index contributed by atoms with van der Waals surface area (Å²) >= 11 is 0. The first-order valence-electron chi connectivity index (χ1n) is 11.9. The number of sulfone groups is 1. The molecule has 0 spiro atoms. The van der Waals surface area contributed by atoms with Crippen molar-refractivity contribution in [3.05, 3.63) is 106 Å². The Hall–Kier alpha value is -3.66. The van der Waals surface area contributed by atoms with Crippen LogP contribution >= 0.6 is 0 Å². The highest BCUT2D eigenvalue weighted by atomic mass is 32.2. The van der Waals surface area contributed by atoms with Crippen molar-refractivity contribution in [3.63, 3.8) is 0 Å². The van der Waals surface area contributed by atoms with Crippen molar-refractivity contribution < 1.29 is 26.4 Å². The fourth-order valence-electron chi connectivity index (χ4n) is 3.70. The minimum absolute atomic E-state index is 0.00664. The summed E-state index contributed by atoms with van der Waals surface area (Å²) in [6.45, 7) is 5.66. The number of amides is 1. The molecule has 1 aromatic heterocycles. The van der Waals surface area contributed by atoms with E-state index in [2.05, 4.69) is 5.32 Å². The number of aromatic nitrogens is 1. The van der Waals surface area contributed by atoms with Crippen LogP contribution in [0.1, 0.15) is 47.4 Å². The molecule has 202 valence electrons. The number of halogens is 3. The van der Waals surface area contributed by atoms with Gasteiger partial charge in [-0.15, -0.1) is 0 Å². The van der Waals surface area contributed by atoms with Crippen molar-refractivity contribution >= 4 is 15.7 Å². The highest BCUT2D eigenvalue weighted by Gasteiger charge is 2.30. The lowest BCUT2D eigenvalue weighted by Crippen LogP contribution is -2.33. The zero-order valence-electron chi connectivity index (χ0n) is 21.2. The third-order valence-corrected chi connectivity index (χ3v) is 7.40. The number of hydrogen-bond acceptors (Lipinski definition) is 4. The molecule has 2 aromatic carbocycles. The van der Waals surface area contributed by atoms with E-state index in [0.717, 1.165) is 23.1 Å². The van der Waals surface area contributed by atoms with E-state index >= 15 is 0 Å². The van der Waals surface area contributed by atoms with Crippen molar-refractivity contribution in [2.75, 3.05) is 5.75 Å². The van der Waals surface area contributed by atoms with Crippen LogP contribution < -0.4 is 10.9 Å². The lowest BCUT2D eigenvalue weighted by Gasteiger charge is -2.14. The topological polar surface area (TPSA) is 85.2 Å². The van der Waals surface area contributed by atoms with Gasteiger partial charge in [-0.3, -0.25) is 14.2 Å². The minimum Gasteiger partial charge on any atom is -0.348 e. The van der Waals surface area contributed by atoms with Crippen LogP contribution in [0, 0.1) is 12.8 Å². The lowest BCUT2D eigenvalue weighted by atomic mass is 10.1. The molecule has 0 saturated heterocycles. The van der Waals surface area contributed by atoms with Crippen LogP contribution in [-0.2, 0) is 22.6 Å². The Labute approximate surface area is 219 Å². The molecule has 3 rings (SSSR count). The van der Waals surface area contributed by atoms with Crippen molar-refractivity contribution in [2.45, 2.75) is 44.8 Å². The number of benzene rings is 2. The molecule has 0 fully saturated rings. The second-order valence-corrected chi connectivity index (χ2v) is 11.3. The monoisotopic (exact) mass is 546 g/mol. The maximum Gasteiger partial charge on any atom is 0.416 e. The molecule has 0 atom stereocenters. The van der Waals surface area contributed by atoms with E-state index in [-0.39, 0.29) is 28.4 Å². The van der Waals surface area contributed by atoms with E-state index in [9.17, 15) is 31.2 Å². The first kappa shape index (κ1) is 28.9. The number of aryl methyl sites for hydroxylation is 1. The largest absolute Gasteiger partial charge is 0.416 e. The maximum absolute atomic E-state index is 13.2. The summed E-state index contributed by atoms with van der Waals surface area (Å²) < 4.78 is 65.5. The molecule has 0 radical (unpaired) electrons. The van der Waals surface area contributed by atoms with Gasteiger partial charge in [0.2, 0.25) is 0 Å². The molecule has 10 heteroatoms. The molecule has 0 aliphatic carbocycles. The Bertz CT molecular complexity index is 1490. The normalized spacial score (nSPS) is 12.3. The summed E-state index contributed by atoms with van der Waals surface area (Å²) in [4.78, 5) is 26.0. The van der Waals surface area contributed by atoms with Gasteiger partial charge in [0, 0.05) is 17.9 Å². The predicted octanol–water partition coefficient (Wildman–Crippen LogP) is 5.47. The average molecular weight is 547 g/mol. The van der Waals surface area contributed by atoms with Crippen molar-refractivity contribution in [3.8, 4) is 5.69 Å². The zero-order chi connectivity index (χ0) is 28.1. The summed E-state index contributed by atoms with van der Waals surface area (Å²) in [5.74, 6) is -0.379. The van der Waals surface area contributed by atoms with Gasteiger partial charge in [0.25, 0.3) is 11.5 Å². The van der Waals surface area contributed by atoms with Gasteiger partial charge in [-0.05, 0) is 67.3 Å². The summed E-state index contributed by atoms with van der Waals surface area (Å²) in [6.07, 6.45) is -0.308. The van der Waals surface area contributed by atoms with Crippen LogP contribution in [0.3, 0.4) is 0 Å². The fraction of sp³-hybridized carbons (Fsp3) is 0.286. The van der Waals surface area contributed by atoms with Crippen molar-refractivity contribution in [1.29, 1.82) is 0 Å². The number of rotatable bonds is 9. The average Bonchev–Trinajstić information content (AvgIpc) is 2.85. The van der Waals surface area contributed by atoms with Crippen LogP contribution in [0.2, 0.25) is 0 Å². The van der Waals surface area contributed by atoms with Gasteiger partial charge in [-0.25, -0.2) is 8.42 Å². The summed E-state index contributed by atoms with van der Waals surface area (Å²) in [7, 11) is -3.49. The maximum atomic E-state index is 13.2. The van der Waals surface area contributed by atoms with Crippen LogP contribution in [-0.4, -0.2) is 24.6 Å². The highest BCUT2D eigenvalue weighted by Crippen LogP contribution is 2.30. The molecule has 0 bridgehead atoms. The molecule has 3 aromatic rings. The second kappa shape index (κ2) is 11.8. The molecular formula is C28H29F3N2O4S. The van der Waals surface area contributed by atoms with Crippen LogP contribution in [0.25, 0.3) is 5.69 Å². The summed E-state index contributed by atoms with van der Waals surface area (Å²) in [5, 5.41) is 2.61. The Balaban J connectivity index is 1.74. The number of alkyl halides is 3. The molecule has 1 N–H and O–H groups in total. The second-order valence-electron chi connectivity index (χ2n) is 9.29. The number of nitrogens with one attached hydrogen (secondary N) is 1. The van der Waals surface area contributed by atoms with Gasteiger partial charge in [0.15, 0.2) is 9.84 Å². The third-order valence-electron chi connectivity index (χ3n) is 5.78. The number of pyridine rings is 1. The molecule has 0 saturated carbocycles. The Kier molecular flexibility index (Phi) is 8.98. The smallest absolute Gasteiger partial charge is 0.348 e. The molecule has 0 aliphatic heterocycles. The lowest BCUT2D eigenvalue weighted by molar-refractivity contribution is -0.137. The van der Waals surface area contributed by atoms with Crippen LogP contribution in [0.4, 0.5) is 13.2 Å². The van der Waals surface area contributed by atoms with Gasteiger partial charge in [0.1, 0.15) is 5.56 Å². The van der Waals surface area contributed by atoms with Crippen LogP contribution in [0.5, 0.6) is 0 Å². The van der Waals surface area contributed by atoms with E-state index in [4.69, 9.17) is 0 Å². The van der Waals surface area contributed by atoms with Gasteiger partial charge in [0.05, 0.1) is 16.2 Å². The first-order chi connectivity index (χ1) is 17.8. The Morgan fingerprint density at radius 1 is 1.03 bits per heavy atom. The predicted molar refractivity (Wildman–Crippen MR) is 140 cm³/mol. The number of hydrogen-bond donors (Lipinski definition) is 1. The minimum atomic E-state index is -4.58. The fourth-order valence-corrected chi connectivity index (χ4v) is 4.83. The number of allylic oxidation sites excluding steroid dienone is 1. The molecule has 0 unspecified atom stereocenters. The van der Waals surface area contributed by atoms with Gasteiger partial charge in [-0.1, -0.05) is 44.2 Å². The van der Waals surface area contributed by atoms with Crippen LogP contribution in [0.15, 0.2) is 82.5 Å². The summed E-state index contributed by atoms with van der Waals surface area (Å²) in [6, 6.07) is 13.2. The van der Waals surface area contributed by atoms with Gasteiger partial charge < -0.3 is 5.32 Å². The molecule has 1 amide bonds. The van der Waals surface area contributed by atoms with Crippen molar-refractivity contribution in [2.24, 2.45) is 5.92 Å². The quantitative estimate of drug-likeness (QED) is 0.361.